The maximum Gasteiger partial charge on any atom is 0.339 e. The van der Waals surface area contributed by atoms with Crippen LogP contribution >= 0.6 is 23.2 Å². The van der Waals surface area contributed by atoms with Crippen LogP contribution in [-0.2, 0) is 21.3 Å². The van der Waals surface area contributed by atoms with Gasteiger partial charge in [-0.15, -0.1) is 0 Å². The van der Waals surface area contributed by atoms with Crippen LogP contribution in [0.3, 0.4) is 0 Å². The second-order valence-corrected chi connectivity index (χ2v) is 6.95. The van der Waals surface area contributed by atoms with Crippen LogP contribution < -0.4 is 4.18 Å². The standard InChI is InChI=1S/C15H14Cl2O4S/c1-20-7-6-11-2-4-14(5-3-11)21-22(18,19)15-9-12(16)8-13(17)10-15/h2-5,8-10H,6-7H2,1H3. The number of hydrogen-bond acceptors (Lipinski definition) is 4. The molecule has 0 radical (unpaired) electrons. The first-order valence-corrected chi connectivity index (χ1v) is 8.55. The molecule has 118 valence electrons. The highest BCUT2D eigenvalue weighted by Crippen LogP contribution is 2.25. The zero-order valence-corrected chi connectivity index (χ0v) is 14.1. The molecule has 2 aromatic rings. The molecule has 0 saturated carbocycles. The van der Waals surface area contributed by atoms with Gasteiger partial charge in [-0.1, -0.05) is 35.3 Å². The second kappa shape index (κ2) is 7.33. The Morgan fingerprint density at radius 1 is 1.00 bits per heavy atom. The molecule has 0 bridgehead atoms. The van der Waals surface area contributed by atoms with Crippen molar-refractivity contribution in [2.45, 2.75) is 11.3 Å². The van der Waals surface area contributed by atoms with E-state index in [2.05, 4.69) is 0 Å². The highest BCUT2D eigenvalue weighted by molar-refractivity contribution is 7.87. The monoisotopic (exact) mass is 360 g/mol. The van der Waals surface area contributed by atoms with Crippen LogP contribution in [0.25, 0.3) is 0 Å². The molecule has 0 aliphatic heterocycles. The van der Waals surface area contributed by atoms with Gasteiger partial charge in [-0.2, -0.15) is 8.42 Å². The SMILES string of the molecule is COCCc1ccc(OS(=O)(=O)c2cc(Cl)cc(Cl)c2)cc1. The Morgan fingerprint density at radius 2 is 1.59 bits per heavy atom. The van der Waals surface area contributed by atoms with E-state index in [1.165, 1.54) is 18.2 Å². The normalized spacial score (nSPS) is 11.4. The van der Waals surface area contributed by atoms with E-state index in [-0.39, 0.29) is 20.7 Å². The molecule has 4 nitrogen and oxygen atoms in total. The lowest BCUT2D eigenvalue weighted by molar-refractivity contribution is 0.202. The lowest BCUT2D eigenvalue weighted by Crippen LogP contribution is -2.09. The Balaban J connectivity index is 2.17. The van der Waals surface area contributed by atoms with Crippen molar-refractivity contribution in [2.75, 3.05) is 13.7 Å². The van der Waals surface area contributed by atoms with E-state index in [0.717, 1.165) is 12.0 Å². The Morgan fingerprint density at radius 3 is 2.14 bits per heavy atom. The molecule has 0 N–H and O–H groups in total. The highest BCUT2D eigenvalue weighted by atomic mass is 35.5. The number of rotatable bonds is 6. The summed E-state index contributed by atoms with van der Waals surface area (Å²) in [4.78, 5) is -0.0894. The van der Waals surface area contributed by atoms with Crippen LogP contribution in [0.1, 0.15) is 5.56 Å². The van der Waals surface area contributed by atoms with E-state index in [1.807, 2.05) is 0 Å². The smallest absolute Gasteiger partial charge is 0.339 e. The van der Waals surface area contributed by atoms with Gasteiger partial charge in [-0.05, 0) is 42.3 Å². The first-order valence-electron chi connectivity index (χ1n) is 6.39. The van der Waals surface area contributed by atoms with Crippen LogP contribution in [-0.4, -0.2) is 22.1 Å². The largest absolute Gasteiger partial charge is 0.384 e. The molecular formula is C15H14Cl2O4S. The maximum absolute atomic E-state index is 12.2. The summed E-state index contributed by atoms with van der Waals surface area (Å²) in [6, 6.07) is 10.8. The summed E-state index contributed by atoms with van der Waals surface area (Å²) < 4.78 is 34.5. The summed E-state index contributed by atoms with van der Waals surface area (Å²) in [5.41, 5.74) is 1.03. The molecule has 0 spiro atoms. The van der Waals surface area contributed by atoms with Crippen molar-refractivity contribution in [3.05, 3.63) is 58.1 Å². The zero-order valence-electron chi connectivity index (χ0n) is 11.8. The molecule has 0 heterocycles. The van der Waals surface area contributed by atoms with Gasteiger partial charge in [0.05, 0.1) is 6.61 Å². The maximum atomic E-state index is 12.2. The molecule has 22 heavy (non-hydrogen) atoms. The fourth-order valence-electron chi connectivity index (χ4n) is 1.78. The van der Waals surface area contributed by atoms with Gasteiger partial charge in [0.15, 0.2) is 0 Å². The van der Waals surface area contributed by atoms with E-state index in [9.17, 15) is 8.42 Å². The van der Waals surface area contributed by atoms with Crippen LogP contribution in [0.15, 0.2) is 47.4 Å². The van der Waals surface area contributed by atoms with Crippen molar-refractivity contribution in [1.82, 2.24) is 0 Å². The lowest BCUT2D eigenvalue weighted by Gasteiger charge is -2.08. The van der Waals surface area contributed by atoms with Crippen LogP contribution in [0.5, 0.6) is 5.75 Å². The van der Waals surface area contributed by atoms with Gasteiger partial charge in [0.1, 0.15) is 10.6 Å². The summed E-state index contributed by atoms with van der Waals surface area (Å²) in [6.07, 6.45) is 0.743. The van der Waals surface area contributed by atoms with E-state index in [0.29, 0.717) is 6.61 Å². The number of methoxy groups -OCH3 is 1. The summed E-state index contributed by atoms with van der Waals surface area (Å²) >= 11 is 11.6. The Kier molecular flexibility index (Phi) is 5.69. The van der Waals surface area contributed by atoms with E-state index in [4.69, 9.17) is 32.1 Å². The quantitative estimate of drug-likeness (QED) is 0.731. The Labute approximate surface area is 139 Å². The average molecular weight is 361 g/mol. The minimum Gasteiger partial charge on any atom is -0.384 e. The fourth-order valence-corrected chi connectivity index (χ4v) is 3.44. The van der Waals surface area contributed by atoms with Crippen LogP contribution in [0.4, 0.5) is 0 Å². The molecule has 0 aliphatic rings. The van der Waals surface area contributed by atoms with E-state index < -0.39 is 10.1 Å². The van der Waals surface area contributed by atoms with Gasteiger partial charge >= 0.3 is 10.1 Å². The molecule has 2 rings (SSSR count). The minimum absolute atomic E-state index is 0.0894. The van der Waals surface area contributed by atoms with Crippen molar-refractivity contribution in [1.29, 1.82) is 0 Å². The third-order valence-electron chi connectivity index (χ3n) is 2.85. The van der Waals surface area contributed by atoms with E-state index in [1.54, 1.807) is 31.4 Å². The van der Waals surface area contributed by atoms with Gasteiger partial charge < -0.3 is 8.92 Å². The van der Waals surface area contributed by atoms with Crippen LogP contribution in [0.2, 0.25) is 10.0 Å². The van der Waals surface area contributed by atoms with Gasteiger partial charge in [-0.3, -0.25) is 0 Å². The van der Waals surface area contributed by atoms with Gasteiger partial charge in [-0.25, -0.2) is 0 Å². The van der Waals surface area contributed by atoms with Crippen molar-refractivity contribution in [2.24, 2.45) is 0 Å². The van der Waals surface area contributed by atoms with Gasteiger partial charge in [0.25, 0.3) is 0 Å². The summed E-state index contributed by atoms with van der Waals surface area (Å²) in [6.45, 7) is 0.597. The molecule has 0 unspecified atom stereocenters. The number of hydrogen-bond donors (Lipinski definition) is 0. The van der Waals surface area contributed by atoms with Crippen LogP contribution in [0, 0.1) is 0 Å². The minimum atomic E-state index is -3.98. The number of ether oxygens (including phenoxy) is 1. The zero-order chi connectivity index (χ0) is 16.2. The van der Waals surface area contributed by atoms with Crippen molar-refractivity contribution in [3.63, 3.8) is 0 Å². The predicted molar refractivity (Wildman–Crippen MR) is 86.3 cm³/mol. The van der Waals surface area contributed by atoms with E-state index >= 15 is 0 Å². The molecule has 0 saturated heterocycles. The molecule has 0 fully saturated rings. The third-order valence-corrected chi connectivity index (χ3v) is 4.51. The highest BCUT2D eigenvalue weighted by Gasteiger charge is 2.18. The first-order chi connectivity index (χ1) is 10.4. The first kappa shape index (κ1) is 17.1. The molecule has 0 atom stereocenters. The summed E-state index contributed by atoms with van der Waals surface area (Å²) in [5.74, 6) is 0.220. The average Bonchev–Trinajstić information content (AvgIpc) is 2.45. The van der Waals surface area contributed by atoms with Crippen molar-refractivity contribution in [3.8, 4) is 5.75 Å². The molecular weight excluding hydrogens is 347 g/mol. The number of halogens is 2. The molecule has 0 aromatic heterocycles. The summed E-state index contributed by atoms with van der Waals surface area (Å²) in [7, 11) is -2.36. The third kappa shape index (κ3) is 4.61. The fraction of sp³-hybridized carbons (Fsp3) is 0.200. The lowest BCUT2D eigenvalue weighted by atomic mass is 10.1. The van der Waals surface area contributed by atoms with Gasteiger partial charge in [0, 0.05) is 17.2 Å². The number of benzene rings is 2. The summed E-state index contributed by atoms with van der Waals surface area (Å²) in [5, 5.41) is 0.453. The predicted octanol–water partition coefficient (Wildman–Crippen LogP) is 3.95. The second-order valence-electron chi connectivity index (χ2n) is 4.53. The Bertz CT molecular complexity index is 722. The van der Waals surface area contributed by atoms with Crippen molar-refractivity contribution < 1.29 is 17.3 Å². The topological polar surface area (TPSA) is 52.6 Å². The van der Waals surface area contributed by atoms with Crippen molar-refractivity contribution >= 4 is 33.3 Å². The molecule has 7 heteroatoms. The molecule has 0 amide bonds. The van der Waals surface area contributed by atoms with Gasteiger partial charge in [0.2, 0.25) is 0 Å². The molecule has 2 aromatic carbocycles. The Hall–Kier alpha value is -1.27. The molecule has 0 aliphatic carbocycles.